The molecule has 1 atom stereocenters. The molecule has 0 fully saturated rings. The van der Waals surface area contributed by atoms with Crippen LogP contribution in [0.25, 0.3) is 0 Å². The van der Waals surface area contributed by atoms with Gasteiger partial charge in [0.1, 0.15) is 0 Å². The van der Waals surface area contributed by atoms with E-state index in [2.05, 4.69) is 48.4 Å². The Balaban J connectivity index is 1.64. The van der Waals surface area contributed by atoms with Gasteiger partial charge in [-0.3, -0.25) is 9.79 Å². The Hall–Kier alpha value is -2.67. The maximum Gasteiger partial charge on any atom is 0.264 e. The number of fused-ring (bicyclic) bond motifs is 1. The molecule has 6 nitrogen and oxygen atoms in total. The zero-order valence-corrected chi connectivity index (χ0v) is 16.9. The number of rotatable bonds is 4. The Kier molecular flexibility index (Phi) is 4.30. The second-order valence-corrected chi connectivity index (χ2v) is 9.89. The fourth-order valence-corrected chi connectivity index (χ4v) is 4.27. The molecule has 2 N–H and O–H groups in total. The van der Waals surface area contributed by atoms with Crippen molar-refractivity contribution in [3.63, 3.8) is 0 Å². The van der Waals surface area contributed by atoms with E-state index in [0.717, 1.165) is 36.2 Å². The van der Waals surface area contributed by atoms with Gasteiger partial charge in [-0.25, -0.2) is 13.1 Å². The fourth-order valence-electron chi connectivity index (χ4n) is 3.82. The van der Waals surface area contributed by atoms with E-state index in [0.29, 0.717) is 5.56 Å². The summed E-state index contributed by atoms with van der Waals surface area (Å²) in [5.74, 6) is -0.610. The minimum atomic E-state index is -3.60. The highest BCUT2D eigenvalue weighted by molar-refractivity contribution is 7.89. The number of aliphatic imine (C=N–C) groups is 1. The van der Waals surface area contributed by atoms with Crippen molar-refractivity contribution in [2.45, 2.75) is 31.7 Å². The van der Waals surface area contributed by atoms with Gasteiger partial charge in [-0.15, -0.1) is 0 Å². The maximum absolute atomic E-state index is 12.2. The van der Waals surface area contributed by atoms with Crippen LogP contribution >= 0.6 is 0 Å². The maximum atomic E-state index is 12.2. The zero-order valence-electron chi connectivity index (χ0n) is 16.1. The third-order valence-electron chi connectivity index (χ3n) is 5.27. The van der Waals surface area contributed by atoms with Gasteiger partial charge in [-0.1, -0.05) is 32.0 Å². The van der Waals surface area contributed by atoms with Crippen LogP contribution < -0.4 is 10.0 Å². The number of hydrogen-bond acceptors (Lipinski definition) is 5. The van der Waals surface area contributed by atoms with Crippen molar-refractivity contribution in [3.05, 3.63) is 64.7 Å². The first-order valence-electron chi connectivity index (χ1n) is 9.19. The summed E-state index contributed by atoms with van der Waals surface area (Å²) in [5, 5.41) is 3.58. The third kappa shape index (κ3) is 3.80. The average Bonchev–Trinajstić information content (AvgIpc) is 3.44. The molecule has 0 aliphatic carbocycles. The molecule has 0 bridgehead atoms. The van der Waals surface area contributed by atoms with E-state index in [4.69, 9.17) is 0 Å². The predicted molar refractivity (Wildman–Crippen MR) is 111 cm³/mol. The van der Waals surface area contributed by atoms with Crippen molar-refractivity contribution in [2.24, 2.45) is 4.99 Å². The van der Waals surface area contributed by atoms with Crippen LogP contribution in [-0.2, 0) is 15.4 Å². The van der Waals surface area contributed by atoms with Gasteiger partial charge in [-0.2, -0.15) is 0 Å². The van der Waals surface area contributed by atoms with Crippen LogP contribution in [0.5, 0.6) is 0 Å². The predicted octanol–water partition coefficient (Wildman–Crippen LogP) is 3.01. The lowest BCUT2D eigenvalue weighted by Gasteiger charge is -2.39. The number of hydrogen-bond donors (Lipinski definition) is 2. The normalized spacial score (nSPS) is 19.8. The third-order valence-corrected chi connectivity index (χ3v) is 5.83. The first-order chi connectivity index (χ1) is 13.1. The number of benzene rings is 2. The molecule has 1 unspecified atom stereocenters. The highest BCUT2D eigenvalue weighted by Crippen LogP contribution is 2.44. The molecule has 2 aliphatic rings. The second kappa shape index (κ2) is 6.44. The van der Waals surface area contributed by atoms with E-state index < -0.39 is 15.9 Å². The summed E-state index contributed by atoms with van der Waals surface area (Å²) in [7, 11) is -3.60. The zero-order chi connectivity index (χ0) is 20.1. The van der Waals surface area contributed by atoms with E-state index in [1.807, 2.05) is 10.8 Å². The molecule has 0 spiro atoms. The van der Waals surface area contributed by atoms with Crippen LogP contribution in [0.4, 0.5) is 5.69 Å². The minimum absolute atomic E-state index is 0.150. The Morgan fingerprint density at radius 2 is 1.96 bits per heavy atom. The molecule has 7 heteroatoms. The number of sulfonamides is 1. The molecule has 2 heterocycles. The topological polar surface area (TPSA) is 87.6 Å². The first kappa shape index (κ1) is 18.7. The molecule has 0 saturated carbocycles. The van der Waals surface area contributed by atoms with Crippen molar-refractivity contribution in [1.82, 2.24) is 4.72 Å². The molecular weight excluding hydrogens is 374 g/mol. The highest BCUT2D eigenvalue weighted by atomic mass is 32.2. The molecule has 4 rings (SSSR count). The smallest absolute Gasteiger partial charge is 0.264 e. The Morgan fingerprint density at radius 1 is 1.21 bits per heavy atom. The molecule has 146 valence electrons. The number of amides is 1. The van der Waals surface area contributed by atoms with Gasteiger partial charge in [0, 0.05) is 11.3 Å². The number of anilines is 1. The van der Waals surface area contributed by atoms with E-state index in [9.17, 15) is 13.2 Å². The summed E-state index contributed by atoms with van der Waals surface area (Å²) in [5.41, 5.74) is 5.67. The highest BCUT2D eigenvalue weighted by Gasteiger charge is 2.34. The van der Waals surface area contributed by atoms with Crippen LogP contribution in [0.15, 0.2) is 47.5 Å². The van der Waals surface area contributed by atoms with Crippen LogP contribution in [0, 0.1) is 0 Å². The van der Waals surface area contributed by atoms with Crippen molar-refractivity contribution in [1.29, 1.82) is 0 Å². The van der Waals surface area contributed by atoms with Crippen LogP contribution in [0.2, 0.25) is 0 Å². The first-order valence-corrected chi connectivity index (χ1v) is 11.1. The summed E-state index contributed by atoms with van der Waals surface area (Å²) in [6.45, 7) is 5.12. The lowest BCUT2D eigenvalue weighted by molar-refractivity contribution is 0.0981. The Labute approximate surface area is 165 Å². The number of nitrogens with one attached hydrogen (secondary N) is 2. The van der Waals surface area contributed by atoms with Crippen molar-refractivity contribution in [2.75, 3.05) is 18.1 Å². The standard InChI is InChI=1S/C21H23N3O3S/c1-21(2)11-18(13-5-4-6-14(9-13)19-12-22-19)23-17-8-7-15(10-16(17)21)20(25)24-28(3,26)27/h4-10,18,23H,11-12H2,1-3H3,(H,24,25). The molecular formula is C21H23N3O3S. The average molecular weight is 398 g/mol. The second-order valence-electron chi connectivity index (χ2n) is 8.14. The summed E-state index contributed by atoms with van der Waals surface area (Å²) in [6.07, 6.45) is 1.83. The van der Waals surface area contributed by atoms with Gasteiger partial charge in [0.25, 0.3) is 5.91 Å². The van der Waals surface area contributed by atoms with Gasteiger partial charge >= 0.3 is 0 Å². The summed E-state index contributed by atoms with van der Waals surface area (Å²) >= 11 is 0. The molecule has 0 aromatic heterocycles. The van der Waals surface area contributed by atoms with Gasteiger partial charge in [0.15, 0.2) is 0 Å². The quantitative estimate of drug-likeness (QED) is 0.830. The van der Waals surface area contributed by atoms with E-state index >= 15 is 0 Å². The summed E-state index contributed by atoms with van der Waals surface area (Å²) in [6, 6.07) is 13.9. The SMILES string of the molecule is CC1(C)CC(c2cccc(C3=NC3)c2)Nc2ccc(C(=O)NS(C)(=O)=O)cc21. The largest absolute Gasteiger partial charge is 0.378 e. The van der Waals surface area contributed by atoms with Crippen LogP contribution in [0.1, 0.15) is 53.4 Å². The number of carbonyl (C=O) groups is 1. The van der Waals surface area contributed by atoms with Crippen molar-refractivity contribution < 1.29 is 13.2 Å². The summed E-state index contributed by atoms with van der Waals surface area (Å²) < 4.78 is 24.7. The molecule has 0 saturated heterocycles. The Bertz CT molecular complexity index is 1100. The lowest BCUT2D eigenvalue weighted by Crippen LogP contribution is -2.33. The Morgan fingerprint density at radius 3 is 2.64 bits per heavy atom. The van der Waals surface area contributed by atoms with Crippen LogP contribution in [-0.4, -0.2) is 32.8 Å². The molecule has 2 aliphatic heterocycles. The van der Waals surface area contributed by atoms with E-state index in [1.54, 1.807) is 12.1 Å². The molecule has 2 aromatic rings. The molecule has 1 amide bonds. The van der Waals surface area contributed by atoms with Crippen molar-refractivity contribution >= 4 is 27.3 Å². The molecule has 28 heavy (non-hydrogen) atoms. The summed E-state index contributed by atoms with van der Waals surface area (Å²) in [4.78, 5) is 16.5. The lowest BCUT2D eigenvalue weighted by atomic mass is 9.73. The van der Waals surface area contributed by atoms with Gasteiger partial charge in [-0.05, 0) is 52.8 Å². The minimum Gasteiger partial charge on any atom is -0.378 e. The number of nitrogens with zero attached hydrogens (tertiary/aromatic N) is 1. The van der Waals surface area contributed by atoms with Gasteiger partial charge in [0.05, 0.1) is 24.6 Å². The van der Waals surface area contributed by atoms with E-state index in [1.165, 1.54) is 11.1 Å². The monoisotopic (exact) mass is 397 g/mol. The van der Waals surface area contributed by atoms with Crippen LogP contribution in [0.3, 0.4) is 0 Å². The number of carbonyl (C=O) groups excluding carboxylic acids is 1. The molecule has 0 radical (unpaired) electrons. The van der Waals surface area contributed by atoms with Gasteiger partial charge < -0.3 is 5.32 Å². The molecule has 2 aromatic carbocycles. The fraction of sp³-hybridized carbons (Fsp3) is 0.333. The van der Waals surface area contributed by atoms with E-state index in [-0.39, 0.29) is 11.5 Å². The van der Waals surface area contributed by atoms with Crippen molar-refractivity contribution in [3.8, 4) is 0 Å². The van der Waals surface area contributed by atoms with Gasteiger partial charge in [0.2, 0.25) is 10.0 Å².